The quantitative estimate of drug-likeness (QED) is 0.840. The number of aromatic hydroxyl groups is 1. The maximum Gasteiger partial charge on any atom is 0.174 e. The van der Waals surface area contributed by atoms with E-state index in [2.05, 4.69) is 15.2 Å². The van der Waals surface area contributed by atoms with Gasteiger partial charge < -0.3 is 10.0 Å². The van der Waals surface area contributed by atoms with Crippen molar-refractivity contribution in [2.75, 3.05) is 19.0 Å². The smallest absolute Gasteiger partial charge is 0.174 e. The van der Waals surface area contributed by atoms with Gasteiger partial charge in [-0.1, -0.05) is 6.07 Å². The van der Waals surface area contributed by atoms with Crippen LogP contribution in [0.5, 0.6) is 5.75 Å². The van der Waals surface area contributed by atoms with E-state index in [0.29, 0.717) is 11.5 Å². The van der Waals surface area contributed by atoms with E-state index in [4.69, 9.17) is 0 Å². The molecule has 0 amide bonds. The molecular formula is C13H14N4O. The zero-order valence-electron chi connectivity index (χ0n) is 10.3. The minimum atomic E-state index is 0.0980. The summed E-state index contributed by atoms with van der Waals surface area (Å²) in [4.78, 5) is 5.92. The number of anilines is 1. The highest BCUT2D eigenvalue weighted by molar-refractivity contribution is 5.60. The maximum atomic E-state index is 9.82. The van der Waals surface area contributed by atoms with Gasteiger partial charge in [-0.3, -0.25) is 0 Å². The molecule has 1 aromatic carbocycles. The molecule has 0 saturated carbocycles. The Bertz CT molecular complexity index is 552. The summed E-state index contributed by atoms with van der Waals surface area (Å²) < 4.78 is 0. The largest absolute Gasteiger partial charge is 0.506 e. The number of rotatable bonds is 3. The molecule has 5 nitrogen and oxygen atoms in total. The lowest BCUT2D eigenvalue weighted by Crippen LogP contribution is -2.07. The van der Waals surface area contributed by atoms with E-state index in [0.717, 1.165) is 5.69 Å². The molecule has 0 aliphatic rings. The van der Waals surface area contributed by atoms with Crippen molar-refractivity contribution in [1.82, 2.24) is 4.98 Å². The molecule has 5 heteroatoms. The molecule has 0 aliphatic carbocycles. The monoisotopic (exact) mass is 242 g/mol. The van der Waals surface area contributed by atoms with Crippen LogP contribution in [0.4, 0.5) is 17.2 Å². The zero-order chi connectivity index (χ0) is 13.0. The first-order chi connectivity index (χ1) is 8.66. The van der Waals surface area contributed by atoms with E-state index >= 15 is 0 Å². The van der Waals surface area contributed by atoms with E-state index < -0.39 is 0 Å². The molecule has 2 aromatic rings. The Hall–Kier alpha value is -2.43. The van der Waals surface area contributed by atoms with Crippen molar-refractivity contribution in [3.05, 3.63) is 42.6 Å². The van der Waals surface area contributed by atoms with Crippen molar-refractivity contribution in [3.63, 3.8) is 0 Å². The van der Waals surface area contributed by atoms with Crippen molar-refractivity contribution in [1.29, 1.82) is 0 Å². The number of aromatic nitrogens is 1. The minimum Gasteiger partial charge on any atom is -0.506 e. The summed E-state index contributed by atoms with van der Waals surface area (Å²) in [5.41, 5.74) is 1.33. The lowest BCUT2D eigenvalue weighted by atomic mass is 10.2. The second kappa shape index (κ2) is 5.27. The topological polar surface area (TPSA) is 61.1 Å². The summed E-state index contributed by atoms with van der Waals surface area (Å²) in [5.74, 6) is 0.606. The summed E-state index contributed by atoms with van der Waals surface area (Å²) in [6, 6.07) is 10.6. The summed E-state index contributed by atoms with van der Waals surface area (Å²) in [6.07, 6.45) is 1.64. The summed E-state index contributed by atoms with van der Waals surface area (Å²) in [7, 11) is 3.81. The van der Waals surface area contributed by atoms with E-state index in [1.165, 1.54) is 0 Å². The molecule has 18 heavy (non-hydrogen) atoms. The van der Waals surface area contributed by atoms with Crippen molar-refractivity contribution in [2.45, 2.75) is 0 Å². The Morgan fingerprint density at radius 1 is 1.11 bits per heavy atom. The summed E-state index contributed by atoms with van der Waals surface area (Å²) in [5, 5.41) is 17.7. The normalized spacial score (nSPS) is 10.8. The van der Waals surface area contributed by atoms with Crippen LogP contribution in [-0.2, 0) is 0 Å². The average molecular weight is 242 g/mol. The van der Waals surface area contributed by atoms with Crippen molar-refractivity contribution < 1.29 is 5.11 Å². The van der Waals surface area contributed by atoms with Crippen LogP contribution in [0.15, 0.2) is 52.8 Å². The van der Waals surface area contributed by atoms with E-state index in [-0.39, 0.29) is 5.75 Å². The Balaban J connectivity index is 2.22. The molecule has 92 valence electrons. The van der Waals surface area contributed by atoms with Gasteiger partial charge in [-0.05, 0) is 24.3 Å². The third kappa shape index (κ3) is 2.82. The molecule has 1 heterocycles. The molecule has 0 atom stereocenters. The van der Waals surface area contributed by atoms with Gasteiger partial charge in [0.2, 0.25) is 0 Å². The molecule has 2 rings (SSSR count). The van der Waals surface area contributed by atoms with Gasteiger partial charge in [0.1, 0.15) is 11.4 Å². The Morgan fingerprint density at radius 2 is 1.94 bits per heavy atom. The van der Waals surface area contributed by atoms with Crippen LogP contribution in [0.25, 0.3) is 0 Å². The number of benzene rings is 1. The fraction of sp³-hybridized carbons (Fsp3) is 0.154. The summed E-state index contributed by atoms with van der Waals surface area (Å²) >= 11 is 0. The Labute approximate surface area is 105 Å². The van der Waals surface area contributed by atoms with Gasteiger partial charge in [0, 0.05) is 32.0 Å². The number of phenols is 1. The second-order valence-corrected chi connectivity index (χ2v) is 3.96. The van der Waals surface area contributed by atoms with Crippen LogP contribution in [0.2, 0.25) is 0 Å². The van der Waals surface area contributed by atoms with Crippen LogP contribution in [0.1, 0.15) is 0 Å². The first kappa shape index (κ1) is 12.0. The average Bonchev–Trinajstić information content (AvgIpc) is 2.38. The van der Waals surface area contributed by atoms with Gasteiger partial charge in [-0.2, -0.15) is 0 Å². The van der Waals surface area contributed by atoms with Crippen LogP contribution >= 0.6 is 0 Å². The molecule has 0 radical (unpaired) electrons. The highest BCUT2D eigenvalue weighted by Gasteiger charge is 2.03. The molecule has 0 saturated heterocycles. The number of pyridine rings is 1. The Kier molecular flexibility index (Phi) is 3.52. The number of hydrogen-bond donors (Lipinski definition) is 1. The van der Waals surface area contributed by atoms with Crippen molar-refractivity contribution in [2.24, 2.45) is 10.2 Å². The van der Waals surface area contributed by atoms with Gasteiger partial charge in [-0.25, -0.2) is 4.98 Å². The fourth-order valence-corrected chi connectivity index (χ4v) is 1.39. The third-order valence-electron chi connectivity index (χ3n) is 2.38. The van der Waals surface area contributed by atoms with Crippen LogP contribution in [0, 0.1) is 0 Å². The van der Waals surface area contributed by atoms with Crippen LogP contribution in [0.3, 0.4) is 0 Å². The highest BCUT2D eigenvalue weighted by Crippen LogP contribution is 2.31. The first-order valence-corrected chi connectivity index (χ1v) is 5.50. The Morgan fingerprint density at radius 3 is 2.56 bits per heavy atom. The van der Waals surface area contributed by atoms with Crippen molar-refractivity contribution in [3.8, 4) is 5.75 Å². The van der Waals surface area contributed by atoms with Crippen LogP contribution in [-0.4, -0.2) is 24.2 Å². The molecule has 0 fully saturated rings. The van der Waals surface area contributed by atoms with Crippen molar-refractivity contribution >= 4 is 17.2 Å². The maximum absolute atomic E-state index is 9.82. The molecule has 0 bridgehead atoms. The predicted molar refractivity (Wildman–Crippen MR) is 70.8 cm³/mol. The predicted octanol–water partition coefficient (Wildman–Crippen LogP) is 3.27. The van der Waals surface area contributed by atoms with Gasteiger partial charge in [0.25, 0.3) is 0 Å². The number of nitrogens with zero attached hydrogens (tertiary/aromatic N) is 4. The number of hydrogen-bond acceptors (Lipinski definition) is 5. The lowest BCUT2D eigenvalue weighted by Gasteiger charge is -2.12. The minimum absolute atomic E-state index is 0.0980. The lowest BCUT2D eigenvalue weighted by molar-refractivity contribution is 0.476. The molecule has 0 unspecified atom stereocenters. The fourth-order valence-electron chi connectivity index (χ4n) is 1.39. The first-order valence-electron chi connectivity index (χ1n) is 5.50. The standard InChI is InChI=1S/C13H14N4O/c1-17(2)10-6-7-11(12(18)9-10)15-16-13-5-3-4-8-14-13/h3-9,18H,1-2H3/b16-15+. The van der Waals surface area contributed by atoms with E-state index in [1.807, 2.05) is 37.2 Å². The third-order valence-corrected chi connectivity index (χ3v) is 2.38. The van der Waals surface area contributed by atoms with Gasteiger partial charge in [0.15, 0.2) is 5.82 Å². The van der Waals surface area contributed by atoms with Gasteiger partial charge >= 0.3 is 0 Å². The number of phenolic OH excluding ortho intramolecular Hbond substituents is 1. The number of azo groups is 1. The zero-order valence-corrected chi connectivity index (χ0v) is 10.3. The van der Waals surface area contributed by atoms with Crippen LogP contribution < -0.4 is 4.90 Å². The second-order valence-electron chi connectivity index (χ2n) is 3.96. The molecule has 0 spiro atoms. The molecular weight excluding hydrogens is 228 g/mol. The van der Waals surface area contributed by atoms with Gasteiger partial charge in [-0.15, -0.1) is 10.2 Å². The van der Waals surface area contributed by atoms with E-state index in [1.54, 1.807) is 24.4 Å². The van der Waals surface area contributed by atoms with Gasteiger partial charge in [0.05, 0.1) is 0 Å². The highest BCUT2D eigenvalue weighted by atomic mass is 16.3. The van der Waals surface area contributed by atoms with E-state index in [9.17, 15) is 5.11 Å². The molecule has 1 aromatic heterocycles. The summed E-state index contributed by atoms with van der Waals surface area (Å²) in [6.45, 7) is 0. The molecule has 1 N–H and O–H groups in total. The molecule has 0 aliphatic heterocycles. The SMILES string of the molecule is CN(C)c1ccc(/N=N/c2ccccn2)c(O)c1.